The highest BCUT2D eigenvalue weighted by molar-refractivity contribution is 7.99. The lowest BCUT2D eigenvalue weighted by molar-refractivity contribution is 0.280. The zero-order valence-corrected chi connectivity index (χ0v) is 13.3. The van der Waals surface area contributed by atoms with E-state index in [2.05, 4.69) is 4.72 Å². The van der Waals surface area contributed by atoms with Crippen molar-refractivity contribution in [2.45, 2.75) is 31.3 Å². The third kappa shape index (κ3) is 3.97. The molecule has 0 radical (unpaired) electrons. The summed E-state index contributed by atoms with van der Waals surface area (Å²) in [5, 5.41) is 9.22. The van der Waals surface area contributed by atoms with Crippen LogP contribution in [0.25, 0.3) is 0 Å². The van der Waals surface area contributed by atoms with Gasteiger partial charge in [0.25, 0.3) is 0 Å². The molecule has 1 fully saturated rings. The molecule has 2 rings (SSSR count). The Labute approximate surface area is 125 Å². The lowest BCUT2D eigenvalue weighted by Crippen LogP contribution is -2.31. The van der Waals surface area contributed by atoms with Crippen LogP contribution in [0.4, 0.5) is 0 Å². The van der Waals surface area contributed by atoms with Crippen LogP contribution in [0.5, 0.6) is 0 Å². The second-order valence-corrected chi connectivity index (χ2v) is 8.15. The van der Waals surface area contributed by atoms with E-state index in [4.69, 9.17) is 0 Å². The van der Waals surface area contributed by atoms with Crippen molar-refractivity contribution in [2.24, 2.45) is 5.92 Å². The number of nitrogens with one attached hydrogen (secondary N) is 1. The molecule has 1 heterocycles. The molecule has 0 spiro atoms. The second-order valence-electron chi connectivity index (χ2n) is 5.15. The van der Waals surface area contributed by atoms with Crippen molar-refractivity contribution >= 4 is 21.8 Å². The Morgan fingerprint density at radius 3 is 2.70 bits per heavy atom. The molecule has 0 aromatic heterocycles. The van der Waals surface area contributed by atoms with E-state index < -0.39 is 10.0 Å². The van der Waals surface area contributed by atoms with Crippen molar-refractivity contribution in [1.29, 1.82) is 0 Å². The van der Waals surface area contributed by atoms with Crippen LogP contribution in [0.15, 0.2) is 23.1 Å². The Hall–Kier alpha value is -0.560. The van der Waals surface area contributed by atoms with Gasteiger partial charge in [-0.1, -0.05) is 6.07 Å². The van der Waals surface area contributed by atoms with Gasteiger partial charge in [0.05, 0.1) is 11.5 Å². The first-order valence-electron chi connectivity index (χ1n) is 6.81. The largest absolute Gasteiger partial charge is 0.392 e. The minimum Gasteiger partial charge on any atom is -0.392 e. The molecule has 0 bridgehead atoms. The van der Waals surface area contributed by atoms with Crippen molar-refractivity contribution in [3.05, 3.63) is 29.3 Å². The Kier molecular flexibility index (Phi) is 5.49. The Morgan fingerprint density at radius 1 is 1.35 bits per heavy atom. The smallest absolute Gasteiger partial charge is 0.240 e. The summed E-state index contributed by atoms with van der Waals surface area (Å²) in [7, 11) is -3.48. The molecule has 0 atom stereocenters. The van der Waals surface area contributed by atoms with Gasteiger partial charge in [-0.3, -0.25) is 0 Å². The van der Waals surface area contributed by atoms with Crippen LogP contribution in [0.3, 0.4) is 0 Å². The van der Waals surface area contributed by atoms with Gasteiger partial charge in [0, 0.05) is 6.54 Å². The Bertz CT molecular complexity index is 552. The standard InChI is InChI=1S/C14H21NO3S2/c1-11-2-3-14(8-13(11)10-16)20(17,18)15-9-12-4-6-19-7-5-12/h2-3,8,12,15-16H,4-7,9-10H2,1H3. The summed E-state index contributed by atoms with van der Waals surface area (Å²) >= 11 is 1.93. The minimum absolute atomic E-state index is 0.144. The molecule has 1 aromatic carbocycles. The summed E-state index contributed by atoms with van der Waals surface area (Å²) in [6.07, 6.45) is 2.14. The van der Waals surface area contributed by atoms with E-state index in [1.807, 2.05) is 18.7 Å². The summed E-state index contributed by atoms with van der Waals surface area (Å²) in [6, 6.07) is 4.87. The summed E-state index contributed by atoms with van der Waals surface area (Å²) < 4.78 is 27.2. The van der Waals surface area contributed by atoms with E-state index in [0.29, 0.717) is 18.0 Å². The Balaban J connectivity index is 2.05. The number of hydrogen-bond donors (Lipinski definition) is 2. The average molecular weight is 315 g/mol. The molecule has 1 aliphatic heterocycles. The number of thioether (sulfide) groups is 1. The predicted molar refractivity (Wildman–Crippen MR) is 82.3 cm³/mol. The van der Waals surface area contributed by atoms with E-state index in [1.165, 1.54) is 0 Å². The fourth-order valence-corrected chi connectivity index (χ4v) is 4.62. The molecule has 1 aromatic rings. The number of rotatable bonds is 5. The second kappa shape index (κ2) is 6.93. The number of aliphatic hydroxyl groups is 1. The van der Waals surface area contributed by atoms with E-state index >= 15 is 0 Å². The first-order valence-corrected chi connectivity index (χ1v) is 9.44. The molecular weight excluding hydrogens is 294 g/mol. The van der Waals surface area contributed by atoms with Crippen LogP contribution in [0, 0.1) is 12.8 Å². The molecule has 112 valence electrons. The van der Waals surface area contributed by atoms with Crippen LogP contribution in [0.2, 0.25) is 0 Å². The van der Waals surface area contributed by atoms with Crippen molar-refractivity contribution in [3.8, 4) is 0 Å². The first kappa shape index (κ1) is 15.8. The SMILES string of the molecule is Cc1ccc(S(=O)(=O)NCC2CCSCC2)cc1CO. The highest BCUT2D eigenvalue weighted by atomic mass is 32.2. The normalized spacial score (nSPS) is 17.3. The summed E-state index contributed by atoms with van der Waals surface area (Å²) in [5.41, 5.74) is 1.55. The number of sulfonamides is 1. The number of aryl methyl sites for hydroxylation is 1. The summed E-state index contributed by atoms with van der Waals surface area (Å²) in [4.78, 5) is 0.234. The maximum absolute atomic E-state index is 12.3. The van der Waals surface area contributed by atoms with E-state index in [-0.39, 0.29) is 11.5 Å². The van der Waals surface area contributed by atoms with Gasteiger partial charge in [-0.15, -0.1) is 0 Å². The van der Waals surface area contributed by atoms with Gasteiger partial charge in [0.15, 0.2) is 0 Å². The maximum Gasteiger partial charge on any atom is 0.240 e. The van der Waals surface area contributed by atoms with Gasteiger partial charge in [-0.25, -0.2) is 13.1 Å². The zero-order chi connectivity index (χ0) is 14.6. The first-order chi connectivity index (χ1) is 9.53. The number of hydrogen-bond acceptors (Lipinski definition) is 4. The monoisotopic (exact) mass is 315 g/mol. The van der Waals surface area contributed by atoms with Crippen molar-refractivity contribution in [2.75, 3.05) is 18.1 Å². The molecule has 1 saturated heterocycles. The van der Waals surface area contributed by atoms with Crippen molar-refractivity contribution in [3.63, 3.8) is 0 Å². The van der Waals surface area contributed by atoms with Gasteiger partial charge < -0.3 is 5.11 Å². The van der Waals surface area contributed by atoms with E-state index in [9.17, 15) is 13.5 Å². The maximum atomic E-state index is 12.3. The molecule has 4 nitrogen and oxygen atoms in total. The van der Waals surface area contributed by atoms with Gasteiger partial charge in [-0.05, 0) is 60.4 Å². The van der Waals surface area contributed by atoms with Crippen molar-refractivity contribution < 1.29 is 13.5 Å². The highest BCUT2D eigenvalue weighted by Gasteiger charge is 2.19. The minimum atomic E-state index is -3.48. The zero-order valence-electron chi connectivity index (χ0n) is 11.6. The average Bonchev–Trinajstić information content (AvgIpc) is 2.46. The van der Waals surface area contributed by atoms with Crippen LogP contribution < -0.4 is 4.72 Å². The van der Waals surface area contributed by atoms with Crippen LogP contribution in [-0.2, 0) is 16.6 Å². The molecule has 6 heteroatoms. The molecule has 0 unspecified atom stereocenters. The fourth-order valence-electron chi connectivity index (χ4n) is 2.25. The van der Waals surface area contributed by atoms with Gasteiger partial charge in [0.1, 0.15) is 0 Å². The van der Waals surface area contributed by atoms with E-state index in [0.717, 1.165) is 29.9 Å². The third-order valence-corrected chi connectivity index (χ3v) is 6.17. The Morgan fingerprint density at radius 2 is 2.05 bits per heavy atom. The molecule has 0 amide bonds. The van der Waals surface area contributed by atoms with Crippen LogP contribution in [-0.4, -0.2) is 31.6 Å². The van der Waals surface area contributed by atoms with Crippen LogP contribution in [0.1, 0.15) is 24.0 Å². The summed E-state index contributed by atoms with van der Waals surface area (Å²) in [5.74, 6) is 2.67. The fraction of sp³-hybridized carbons (Fsp3) is 0.571. The van der Waals surface area contributed by atoms with E-state index in [1.54, 1.807) is 18.2 Å². The van der Waals surface area contributed by atoms with Crippen molar-refractivity contribution in [1.82, 2.24) is 4.72 Å². The molecular formula is C14H21NO3S2. The van der Waals surface area contributed by atoms with Crippen LogP contribution >= 0.6 is 11.8 Å². The molecule has 1 aliphatic rings. The van der Waals surface area contributed by atoms with Gasteiger partial charge in [0.2, 0.25) is 10.0 Å². The number of benzene rings is 1. The molecule has 2 N–H and O–H groups in total. The van der Waals surface area contributed by atoms with Gasteiger partial charge in [-0.2, -0.15) is 11.8 Å². The third-order valence-electron chi connectivity index (χ3n) is 3.70. The molecule has 20 heavy (non-hydrogen) atoms. The quantitative estimate of drug-likeness (QED) is 0.871. The molecule has 0 aliphatic carbocycles. The number of aliphatic hydroxyl groups excluding tert-OH is 1. The van der Waals surface area contributed by atoms with Gasteiger partial charge >= 0.3 is 0 Å². The summed E-state index contributed by atoms with van der Waals surface area (Å²) in [6.45, 7) is 2.22. The highest BCUT2D eigenvalue weighted by Crippen LogP contribution is 2.22. The lowest BCUT2D eigenvalue weighted by Gasteiger charge is -2.21. The molecule has 0 saturated carbocycles. The predicted octanol–water partition coefficient (Wildman–Crippen LogP) is 1.91. The lowest BCUT2D eigenvalue weighted by atomic mass is 10.0. The topological polar surface area (TPSA) is 66.4 Å².